The lowest BCUT2D eigenvalue weighted by molar-refractivity contribution is -0.305. The molecule has 0 bridgehead atoms. The molecule has 0 radical (unpaired) electrons. The van der Waals surface area contributed by atoms with Crippen molar-refractivity contribution in [1.29, 1.82) is 0 Å². The summed E-state index contributed by atoms with van der Waals surface area (Å²) in [6, 6.07) is 0. The Hall–Kier alpha value is -1.82. The third kappa shape index (κ3) is 30.2. The maximum atomic E-state index is 12.8. The average molecular weight is 825 g/mol. The van der Waals surface area contributed by atoms with Crippen molar-refractivity contribution in [1.82, 2.24) is 0 Å². The van der Waals surface area contributed by atoms with E-state index < -0.39 is 49.4 Å². The van der Waals surface area contributed by atoms with Crippen molar-refractivity contribution in [3.8, 4) is 0 Å². The lowest BCUT2D eigenvalue weighted by Gasteiger charge is -2.39. The minimum absolute atomic E-state index is 0.220. The molecular formula is C48H88O10. The number of esters is 2. The van der Waals surface area contributed by atoms with Crippen LogP contribution < -0.4 is 0 Å². The predicted octanol–water partition coefficient (Wildman–Crippen LogP) is 10.5. The van der Waals surface area contributed by atoms with Crippen LogP contribution in [0.4, 0.5) is 0 Å². The lowest BCUT2D eigenvalue weighted by Crippen LogP contribution is -2.59. The van der Waals surface area contributed by atoms with E-state index in [1.54, 1.807) is 0 Å². The van der Waals surface area contributed by atoms with Crippen LogP contribution in [0.3, 0.4) is 0 Å². The normalized spacial score (nSPS) is 20.3. The van der Waals surface area contributed by atoms with Crippen LogP contribution in [0.1, 0.15) is 213 Å². The Labute approximate surface area is 353 Å². The molecule has 340 valence electrons. The van der Waals surface area contributed by atoms with Gasteiger partial charge in [-0.1, -0.05) is 167 Å². The molecule has 1 rings (SSSR count). The van der Waals surface area contributed by atoms with E-state index in [0.29, 0.717) is 12.8 Å². The van der Waals surface area contributed by atoms with Gasteiger partial charge in [0.05, 0.1) is 13.2 Å². The van der Waals surface area contributed by atoms with Gasteiger partial charge in [0.2, 0.25) is 0 Å². The molecule has 6 atom stereocenters. The monoisotopic (exact) mass is 825 g/mol. The third-order valence-corrected chi connectivity index (χ3v) is 11.0. The highest BCUT2D eigenvalue weighted by Gasteiger charge is 2.44. The number of rotatable bonds is 40. The number of carbonyl (C=O) groups excluding carboxylic acids is 2. The first-order chi connectivity index (χ1) is 28.3. The number of carbonyl (C=O) groups is 2. The second-order valence-electron chi connectivity index (χ2n) is 16.6. The summed E-state index contributed by atoms with van der Waals surface area (Å²) in [5, 5.41) is 40.1. The van der Waals surface area contributed by atoms with Gasteiger partial charge in [-0.3, -0.25) is 9.59 Å². The summed E-state index contributed by atoms with van der Waals surface area (Å²) < 4.78 is 22.1. The maximum Gasteiger partial charge on any atom is 0.306 e. The molecule has 0 aromatic carbocycles. The highest BCUT2D eigenvalue weighted by atomic mass is 16.7. The van der Waals surface area contributed by atoms with E-state index in [4.69, 9.17) is 18.9 Å². The number of allylic oxidation sites excluding steroid dienone is 4. The second kappa shape index (κ2) is 39.3. The van der Waals surface area contributed by atoms with Crippen LogP contribution in [0.15, 0.2) is 24.3 Å². The van der Waals surface area contributed by atoms with Gasteiger partial charge < -0.3 is 39.4 Å². The number of aliphatic hydroxyl groups is 4. The minimum Gasteiger partial charge on any atom is -0.462 e. The van der Waals surface area contributed by atoms with Gasteiger partial charge in [0.15, 0.2) is 12.4 Å². The Morgan fingerprint density at radius 1 is 0.517 bits per heavy atom. The van der Waals surface area contributed by atoms with Crippen LogP contribution in [0.5, 0.6) is 0 Å². The van der Waals surface area contributed by atoms with Crippen molar-refractivity contribution in [3.05, 3.63) is 24.3 Å². The summed E-state index contributed by atoms with van der Waals surface area (Å²) in [6.45, 7) is 3.36. The smallest absolute Gasteiger partial charge is 0.306 e. The molecule has 1 heterocycles. The molecule has 0 amide bonds. The van der Waals surface area contributed by atoms with Crippen molar-refractivity contribution < 1.29 is 49.0 Å². The Balaban J connectivity index is 2.23. The molecule has 10 nitrogen and oxygen atoms in total. The first-order valence-corrected chi connectivity index (χ1v) is 23.9. The summed E-state index contributed by atoms with van der Waals surface area (Å²) in [5.74, 6) is -0.814. The zero-order chi connectivity index (χ0) is 42.3. The standard InChI is InChI=1S/C48H88O10/c1-3-5-7-9-11-13-15-16-17-18-19-20-21-22-23-24-25-26-27-29-31-33-35-37-44(51)57-41(40-56-48-47(54)46(53)45(52)42(38-49)58-48)39-55-43(50)36-34-32-30-28-14-12-10-8-6-4-2/h8,10,18-19,41-42,45-49,52-54H,3-7,9,11-17,20-40H2,1-2H3/b10-8-,19-18-. The van der Waals surface area contributed by atoms with Gasteiger partial charge >= 0.3 is 11.9 Å². The molecule has 1 aliphatic rings. The lowest BCUT2D eigenvalue weighted by atomic mass is 9.99. The van der Waals surface area contributed by atoms with Gasteiger partial charge in [-0.05, 0) is 57.8 Å². The molecule has 0 aromatic rings. The molecule has 6 unspecified atom stereocenters. The number of ether oxygens (including phenoxy) is 4. The molecule has 1 fully saturated rings. The van der Waals surface area contributed by atoms with E-state index >= 15 is 0 Å². The van der Waals surface area contributed by atoms with Crippen molar-refractivity contribution in [2.75, 3.05) is 19.8 Å². The molecule has 4 N–H and O–H groups in total. The Kier molecular flexibility index (Phi) is 36.7. The maximum absolute atomic E-state index is 12.8. The van der Waals surface area contributed by atoms with Crippen molar-refractivity contribution >= 4 is 11.9 Å². The summed E-state index contributed by atoms with van der Waals surface area (Å²) in [5.41, 5.74) is 0. The molecule has 0 aliphatic carbocycles. The predicted molar refractivity (Wildman–Crippen MR) is 233 cm³/mol. The summed E-state index contributed by atoms with van der Waals surface area (Å²) in [7, 11) is 0. The number of aliphatic hydroxyl groups excluding tert-OH is 4. The molecule has 0 saturated carbocycles. The first kappa shape index (κ1) is 54.2. The van der Waals surface area contributed by atoms with Gasteiger partial charge in [0, 0.05) is 12.8 Å². The molecule has 1 saturated heterocycles. The van der Waals surface area contributed by atoms with Gasteiger partial charge in [0.1, 0.15) is 31.0 Å². The van der Waals surface area contributed by atoms with E-state index in [1.165, 1.54) is 116 Å². The molecule has 0 spiro atoms. The molecule has 0 aromatic heterocycles. The number of hydrogen-bond donors (Lipinski definition) is 4. The Morgan fingerprint density at radius 2 is 0.948 bits per heavy atom. The third-order valence-electron chi connectivity index (χ3n) is 11.0. The van der Waals surface area contributed by atoms with Gasteiger partial charge in [-0.25, -0.2) is 0 Å². The van der Waals surface area contributed by atoms with Gasteiger partial charge in [0.25, 0.3) is 0 Å². The fraction of sp³-hybridized carbons (Fsp3) is 0.875. The minimum atomic E-state index is -1.59. The zero-order valence-electron chi connectivity index (χ0n) is 37.1. The summed E-state index contributed by atoms with van der Waals surface area (Å²) >= 11 is 0. The fourth-order valence-corrected chi connectivity index (χ4v) is 7.24. The van der Waals surface area contributed by atoms with Crippen molar-refractivity contribution in [2.24, 2.45) is 0 Å². The average Bonchev–Trinajstić information content (AvgIpc) is 3.22. The van der Waals surface area contributed by atoms with E-state index in [0.717, 1.165) is 57.8 Å². The number of hydrogen-bond acceptors (Lipinski definition) is 10. The van der Waals surface area contributed by atoms with Crippen LogP contribution >= 0.6 is 0 Å². The quantitative estimate of drug-likeness (QED) is 0.0267. The molecule has 58 heavy (non-hydrogen) atoms. The van der Waals surface area contributed by atoms with Crippen molar-refractivity contribution in [2.45, 2.75) is 250 Å². The van der Waals surface area contributed by atoms with Crippen LogP contribution in [0.25, 0.3) is 0 Å². The highest BCUT2D eigenvalue weighted by molar-refractivity contribution is 5.70. The van der Waals surface area contributed by atoms with Crippen LogP contribution in [0.2, 0.25) is 0 Å². The molecule has 10 heteroatoms. The van der Waals surface area contributed by atoms with E-state index in [-0.39, 0.29) is 32.0 Å². The second-order valence-corrected chi connectivity index (χ2v) is 16.6. The van der Waals surface area contributed by atoms with Crippen LogP contribution in [0, 0.1) is 0 Å². The van der Waals surface area contributed by atoms with Crippen LogP contribution in [-0.4, -0.2) is 89.0 Å². The Bertz CT molecular complexity index is 1000. The van der Waals surface area contributed by atoms with Crippen molar-refractivity contribution in [3.63, 3.8) is 0 Å². The van der Waals surface area contributed by atoms with E-state index in [9.17, 15) is 30.0 Å². The summed E-state index contributed by atoms with van der Waals surface area (Å²) in [6.07, 6.45) is 36.3. The highest BCUT2D eigenvalue weighted by Crippen LogP contribution is 2.23. The summed E-state index contributed by atoms with van der Waals surface area (Å²) in [4.78, 5) is 25.3. The fourth-order valence-electron chi connectivity index (χ4n) is 7.24. The SMILES string of the molecule is CCC/C=C\CCCCCCCC(=O)OCC(COC1OC(CO)C(O)C(O)C1O)OC(=O)CCCCCCCCCCCCC/C=C\CCCCCCCCCC. The van der Waals surface area contributed by atoms with Gasteiger partial charge in [-0.2, -0.15) is 0 Å². The van der Waals surface area contributed by atoms with E-state index in [1.807, 2.05) is 0 Å². The van der Waals surface area contributed by atoms with Gasteiger partial charge in [-0.15, -0.1) is 0 Å². The largest absolute Gasteiger partial charge is 0.462 e. The Morgan fingerprint density at radius 3 is 1.41 bits per heavy atom. The number of unbranched alkanes of at least 4 members (excludes halogenated alkanes) is 25. The molecular weight excluding hydrogens is 737 g/mol. The first-order valence-electron chi connectivity index (χ1n) is 23.9. The zero-order valence-corrected chi connectivity index (χ0v) is 37.1. The van der Waals surface area contributed by atoms with Crippen LogP contribution in [-0.2, 0) is 28.5 Å². The van der Waals surface area contributed by atoms with E-state index in [2.05, 4.69) is 38.2 Å². The molecule has 1 aliphatic heterocycles. The topological polar surface area (TPSA) is 152 Å².